The van der Waals surface area contributed by atoms with Gasteiger partial charge in [-0.2, -0.15) is 0 Å². The minimum Gasteiger partial charge on any atom is -0.496 e. The van der Waals surface area contributed by atoms with Gasteiger partial charge < -0.3 is 4.74 Å². The second kappa shape index (κ2) is 6.26. The number of carbonyl (C=O) groups is 1. The first-order chi connectivity index (χ1) is 7.60. The Labute approximate surface area is 109 Å². The van der Waals surface area contributed by atoms with Gasteiger partial charge in [-0.25, -0.2) is 0 Å². The summed E-state index contributed by atoms with van der Waals surface area (Å²) < 4.78 is 5.14. The van der Waals surface area contributed by atoms with Crippen LogP contribution in [0.4, 0.5) is 0 Å². The molecule has 0 bridgehead atoms. The molecule has 1 unspecified atom stereocenters. The summed E-state index contributed by atoms with van der Waals surface area (Å²) in [6.45, 7) is 1.92. The number of hydrogen-bond donors (Lipinski definition) is 0. The molecule has 0 aliphatic carbocycles. The van der Waals surface area contributed by atoms with Gasteiger partial charge in [0, 0.05) is 11.4 Å². The zero-order valence-electron chi connectivity index (χ0n) is 9.30. The van der Waals surface area contributed by atoms with E-state index >= 15 is 0 Å². The number of carbonyl (C=O) groups excluding carboxylic acids is 1. The van der Waals surface area contributed by atoms with E-state index < -0.39 is 0 Å². The highest BCUT2D eigenvalue weighted by Crippen LogP contribution is 2.21. The van der Waals surface area contributed by atoms with E-state index in [9.17, 15) is 4.79 Å². The van der Waals surface area contributed by atoms with Crippen molar-refractivity contribution in [3.05, 3.63) is 29.3 Å². The Bertz CT molecular complexity index is 379. The van der Waals surface area contributed by atoms with Crippen LogP contribution in [0.5, 0.6) is 5.75 Å². The van der Waals surface area contributed by atoms with Crippen LogP contribution in [0.25, 0.3) is 0 Å². The topological polar surface area (TPSA) is 26.3 Å². The van der Waals surface area contributed by atoms with Crippen molar-refractivity contribution in [1.82, 2.24) is 0 Å². The number of Topliss-reactive ketones (excluding diaryl/α,β-unsaturated/α-hetero) is 1. The van der Waals surface area contributed by atoms with Crippen molar-refractivity contribution in [2.24, 2.45) is 0 Å². The van der Waals surface area contributed by atoms with E-state index in [0.29, 0.717) is 17.9 Å². The fraction of sp³-hybridized carbons (Fsp3) is 0.417. The largest absolute Gasteiger partial charge is 0.496 e. The van der Waals surface area contributed by atoms with Gasteiger partial charge in [0.2, 0.25) is 0 Å². The van der Waals surface area contributed by atoms with Gasteiger partial charge >= 0.3 is 0 Å². The Morgan fingerprint density at radius 2 is 2.25 bits per heavy atom. The fourth-order valence-electron chi connectivity index (χ4n) is 1.44. The van der Waals surface area contributed by atoms with E-state index in [-0.39, 0.29) is 10.6 Å². The van der Waals surface area contributed by atoms with E-state index in [1.54, 1.807) is 13.2 Å². The molecule has 0 saturated heterocycles. The number of methoxy groups -OCH3 is 1. The smallest absolute Gasteiger partial charge is 0.176 e. The predicted molar refractivity (Wildman–Crippen MR) is 70.1 cm³/mol. The molecule has 0 heterocycles. The van der Waals surface area contributed by atoms with E-state index in [1.165, 1.54) is 0 Å². The van der Waals surface area contributed by atoms with E-state index in [0.717, 1.165) is 11.3 Å². The third-order valence-corrected chi connectivity index (χ3v) is 3.42. The molecule has 0 amide bonds. The second-order valence-corrected chi connectivity index (χ2v) is 4.98. The van der Waals surface area contributed by atoms with Gasteiger partial charge in [-0.15, -0.1) is 11.6 Å². The van der Waals surface area contributed by atoms with Crippen molar-refractivity contribution in [2.45, 2.75) is 18.2 Å². The second-order valence-electron chi connectivity index (χ2n) is 3.49. The van der Waals surface area contributed by atoms with Gasteiger partial charge in [-0.05, 0) is 37.1 Å². The quantitative estimate of drug-likeness (QED) is 0.614. The fourth-order valence-corrected chi connectivity index (χ4v) is 2.41. The molecule has 0 radical (unpaired) electrons. The van der Waals surface area contributed by atoms with E-state index in [4.69, 9.17) is 16.3 Å². The normalized spacial score (nSPS) is 12.2. The van der Waals surface area contributed by atoms with Crippen LogP contribution in [0, 0.1) is 6.92 Å². The standard InChI is InChI=1S/C12H14BrClO2/c1-8-7-9(3-4-11(8)16-2)12(15)10(13)5-6-14/h3-4,7,10H,5-6H2,1-2H3. The summed E-state index contributed by atoms with van der Waals surface area (Å²) in [6.07, 6.45) is 0.630. The molecule has 88 valence electrons. The number of ether oxygens (including phenoxy) is 1. The molecule has 0 saturated carbocycles. The molecular formula is C12H14BrClO2. The Morgan fingerprint density at radius 3 is 2.75 bits per heavy atom. The van der Waals surface area contributed by atoms with Crippen LogP contribution in [-0.2, 0) is 0 Å². The molecule has 0 spiro atoms. The molecular weight excluding hydrogens is 291 g/mol. The highest BCUT2D eigenvalue weighted by molar-refractivity contribution is 9.10. The minimum absolute atomic E-state index is 0.0615. The van der Waals surface area contributed by atoms with Crippen molar-refractivity contribution in [3.8, 4) is 5.75 Å². The summed E-state index contributed by atoms with van der Waals surface area (Å²) in [5, 5.41) is 0. The lowest BCUT2D eigenvalue weighted by molar-refractivity contribution is 0.0990. The Hall–Kier alpha value is -0.540. The Balaban J connectivity index is 2.88. The molecule has 1 aromatic rings. The number of rotatable bonds is 5. The van der Waals surface area contributed by atoms with Crippen LogP contribution in [0.3, 0.4) is 0 Å². The first kappa shape index (κ1) is 13.5. The number of ketones is 1. The van der Waals surface area contributed by atoms with Crippen molar-refractivity contribution in [1.29, 1.82) is 0 Å². The van der Waals surface area contributed by atoms with Crippen LogP contribution in [0.1, 0.15) is 22.3 Å². The maximum absolute atomic E-state index is 11.9. The van der Waals surface area contributed by atoms with Crippen molar-refractivity contribution in [2.75, 3.05) is 13.0 Å². The highest BCUT2D eigenvalue weighted by atomic mass is 79.9. The summed E-state index contributed by atoms with van der Waals surface area (Å²) in [7, 11) is 1.62. The monoisotopic (exact) mass is 304 g/mol. The van der Waals surface area contributed by atoms with Crippen LogP contribution in [-0.4, -0.2) is 23.6 Å². The van der Waals surface area contributed by atoms with Gasteiger partial charge in [0.15, 0.2) is 5.78 Å². The average Bonchev–Trinajstić information content (AvgIpc) is 2.28. The zero-order valence-corrected chi connectivity index (χ0v) is 11.6. The van der Waals surface area contributed by atoms with Gasteiger partial charge in [0.1, 0.15) is 5.75 Å². The van der Waals surface area contributed by atoms with Crippen molar-refractivity contribution in [3.63, 3.8) is 0 Å². The minimum atomic E-state index is -0.210. The Morgan fingerprint density at radius 1 is 1.56 bits per heavy atom. The van der Waals surface area contributed by atoms with Gasteiger partial charge in [0.05, 0.1) is 11.9 Å². The maximum atomic E-state index is 11.9. The first-order valence-corrected chi connectivity index (χ1v) is 6.44. The molecule has 0 aromatic heterocycles. The number of aryl methyl sites for hydroxylation is 1. The van der Waals surface area contributed by atoms with Crippen molar-refractivity contribution < 1.29 is 9.53 Å². The maximum Gasteiger partial charge on any atom is 0.176 e. The molecule has 1 aromatic carbocycles. The molecule has 1 rings (SSSR count). The number of hydrogen-bond acceptors (Lipinski definition) is 2. The molecule has 0 aliphatic heterocycles. The zero-order chi connectivity index (χ0) is 12.1. The summed E-state index contributed by atoms with van der Waals surface area (Å²) in [5.74, 6) is 1.32. The molecule has 0 aliphatic rings. The predicted octanol–water partition coefficient (Wildman–Crippen LogP) is 3.58. The molecule has 1 atom stereocenters. The molecule has 4 heteroatoms. The lowest BCUT2D eigenvalue weighted by Crippen LogP contribution is -2.14. The number of alkyl halides is 2. The van der Waals surface area contributed by atoms with Crippen LogP contribution in [0.2, 0.25) is 0 Å². The third-order valence-electron chi connectivity index (χ3n) is 2.33. The molecule has 16 heavy (non-hydrogen) atoms. The average molecular weight is 306 g/mol. The van der Waals surface area contributed by atoms with Gasteiger partial charge in [0.25, 0.3) is 0 Å². The van der Waals surface area contributed by atoms with Crippen LogP contribution >= 0.6 is 27.5 Å². The van der Waals surface area contributed by atoms with Crippen LogP contribution in [0.15, 0.2) is 18.2 Å². The molecule has 0 fully saturated rings. The van der Waals surface area contributed by atoms with Crippen molar-refractivity contribution >= 4 is 33.3 Å². The summed E-state index contributed by atoms with van der Waals surface area (Å²) in [5.41, 5.74) is 1.64. The van der Waals surface area contributed by atoms with Gasteiger partial charge in [-0.3, -0.25) is 4.79 Å². The van der Waals surface area contributed by atoms with Crippen LogP contribution < -0.4 is 4.74 Å². The number of halogens is 2. The lowest BCUT2D eigenvalue weighted by Gasteiger charge is -2.09. The Kier molecular flexibility index (Phi) is 5.29. The SMILES string of the molecule is COc1ccc(C(=O)C(Br)CCCl)cc1C. The number of benzene rings is 1. The first-order valence-electron chi connectivity index (χ1n) is 4.99. The molecule has 0 N–H and O–H groups in total. The lowest BCUT2D eigenvalue weighted by atomic mass is 10.0. The van der Waals surface area contributed by atoms with E-state index in [2.05, 4.69) is 15.9 Å². The summed E-state index contributed by atoms with van der Waals surface area (Å²) >= 11 is 8.94. The summed E-state index contributed by atoms with van der Waals surface area (Å²) in [6, 6.07) is 5.42. The van der Waals surface area contributed by atoms with E-state index in [1.807, 2.05) is 19.1 Å². The highest BCUT2D eigenvalue weighted by Gasteiger charge is 2.16. The third kappa shape index (κ3) is 3.22. The molecule has 2 nitrogen and oxygen atoms in total. The summed E-state index contributed by atoms with van der Waals surface area (Å²) in [4.78, 5) is 11.7. The van der Waals surface area contributed by atoms with Gasteiger partial charge in [-0.1, -0.05) is 15.9 Å².